The summed E-state index contributed by atoms with van der Waals surface area (Å²) in [6.45, 7) is 5.28. The van der Waals surface area contributed by atoms with E-state index in [1.54, 1.807) is 0 Å². The molecule has 0 aromatic carbocycles. The van der Waals surface area contributed by atoms with E-state index in [0.717, 1.165) is 25.9 Å². The maximum absolute atomic E-state index is 11.1. The molecule has 0 aromatic heterocycles. The van der Waals surface area contributed by atoms with Crippen LogP contribution < -0.4 is 0 Å². The van der Waals surface area contributed by atoms with Gasteiger partial charge in [0.05, 0.1) is 13.2 Å². The van der Waals surface area contributed by atoms with Gasteiger partial charge in [0.15, 0.2) is 0 Å². The lowest BCUT2D eigenvalue weighted by Gasteiger charge is -2.29. The first-order chi connectivity index (χ1) is 5.83. The molecule has 0 radical (unpaired) electrons. The van der Waals surface area contributed by atoms with Crippen molar-refractivity contribution in [3.8, 4) is 0 Å². The summed E-state index contributed by atoms with van der Waals surface area (Å²) in [5.74, 6) is -0.0665. The third-order valence-electron chi connectivity index (χ3n) is 2.06. The quantitative estimate of drug-likeness (QED) is 0.457. The van der Waals surface area contributed by atoms with Crippen LogP contribution >= 0.6 is 0 Å². The zero-order chi connectivity index (χ0) is 8.81. The number of rotatable bonds is 5. The standard InChI is InChI=1S/C9H17NO2/c1-2-3-7-12-9(11)8-10-5-4-6-10/h2-8H2,1H3. The molecule has 0 aliphatic carbocycles. The van der Waals surface area contributed by atoms with Crippen molar-refractivity contribution in [2.75, 3.05) is 26.2 Å². The number of esters is 1. The number of carbonyl (C=O) groups excluding carboxylic acids is 1. The second-order valence-electron chi connectivity index (χ2n) is 3.20. The van der Waals surface area contributed by atoms with Crippen molar-refractivity contribution < 1.29 is 9.53 Å². The van der Waals surface area contributed by atoms with Crippen LogP contribution in [0, 0.1) is 0 Å². The molecule has 0 bridgehead atoms. The molecule has 1 aliphatic heterocycles. The molecule has 0 N–H and O–H groups in total. The van der Waals surface area contributed by atoms with Crippen LogP contribution in [0.3, 0.4) is 0 Å². The molecule has 12 heavy (non-hydrogen) atoms. The van der Waals surface area contributed by atoms with Crippen molar-refractivity contribution in [3.05, 3.63) is 0 Å². The molecule has 0 amide bonds. The van der Waals surface area contributed by atoms with Crippen molar-refractivity contribution in [1.29, 1.82) is 0 Å². The van der Waals surface area contributed by atoms with Gasteiger partial charge in [0.2, 0.25) is 0 Å². The number of nitrogens with zero attached hydrogens (tertiary/aromatic N) is 1. The van der Waals surface area contributed by atoms with E-state index >= 15 is 0 Å². The summed E-state index contributed by atoms with van der Waals surface area (Å²) in [4.78, 5) is 13.2. The van der Waals surface area contributed by atoms with E-state index in [9.17, 15) is 4.79 Å². The lowest BCUT2D eigenvalue weighted by Crippen LogP contribution is -2.41. The second kappa shape index (κ2) is 5.14. The van der Waals surface area contributed by atoms with Crippen molar-refractivity contribution in [1.82, 2.24) is 4.90 Å². The summed E-state index contributed by atoms with van der Waals surface area (Å²) in [5, 5.41) is 0. The van der Waals surface area contributed by atoms with E-state index in [0.29, 0.717) is 13.2 Å². The van der Waals surface area contributed by atoms with Crippen LogP contribution in [0.25, 0.3) is 0 Å². The van der Waals surface area contributed by atoms with Crippen molar-refractivity contribution in [2.24, 2.45) is 0 Å². The Morgan fingerprint density at radius 2 is 2.25 bits per heavy atom. The minimum atomic E-state index is -0.0665. The van der Waals surface area contributed by atoms with Crippen molar-refractivity contribution in [2.45, 2.75) is 26.2 Å². The molecule has 1 saturated heterocycles. The Kier molecular flexibility index (Phi) is 4.08. The summed E-state index contributed by atoms with van der Waals surface area (Å²) in [6, 6.07) is 0. The largest absolute Gasteiger partial charge is 0.465 e. The maximum Gasteiger partial charge on any atom is 0.320 e. The Bertz CT molecular complexity index is 143. The van der Waals surface area contributed by atoms with Gasteiger partial charge in [-0.3, -0.25) is 9.69 Å². The molecule has 0 atom stereocenters. The van der Waals surface area contributed by atoms with Gasteiger partial charge in [-0.15, -0.1) is 0 Å². The fourth-order valence-electron chi connectivity index (χ4n) is 1.10. The van der Waals surface area contributed by atoms with Crippen LogP contribution in [0.5, 0.6) is 0 Å². The predicted octanol–water partition coefficient (Wildman–Crippen LogP) is 1.04. The molecule has 1 heterocycles. The molecule has 70 valence electrons. The number of hydrogen-bond donors (Lipinski definition) is 0. The van der Waals surface area contributed by atoms with E-state index in [2.05, 4.69) is 11.8 Å². The Morgan fingerprint density at radius 3 is 2.75 bits per heavy atom. The molecule has 1 fully saturated rings. The highest BCUT2D eigenvalue weighted by molar-refractivity contribution is 5.71. The van der Waals surface area contributed by atoms with Gasteiger partial charge >= 0.3 is 5.97 Å². The van der Waals surface area contributed by atoms with E-state index < -0.39 is 0 Å². The highest BCUT2D eigenvalue weighted by Crippen LogP contribution is 2.04. The first-order valence-corrected chi connectivity index (χ1v) is 4.71. The van der Waals surface area contributed by atoms with Crippen molar-refractivity contribution >= 4 is 5.97 Å². The highest BCUT2D eigenvalue weighted by Gasteiger charge is 2.17. The van der Waals surface area contributed by atoms with Gasteiger partial charge in [0, 0.05) is 0 Å². The number of hydrogen-bond acceptors (Lipinski definition) is 3. The molecule has 3 heteroatoms. The Morgan fingerprint density at radius 1 is 1.50 bits per heavy atom. The average molecular weight is 171 g/mol. The normalized spacial score (nSPS) is 17.1. The first kappa shape index (κ1) is 9.52. The molecule has 3 nitrogen and oxygen atoms in total. The molecular formula is C9H17NO2. The minimum Gasteiger partial charge on any atom is -0.465 e. The number of likely N-dealkylation sites (tertiary alicyclic amines) is 1. The van der Waals surface area contributed by atoms with Crippen molar-refractivity contribution in [3.63, 3.8) is 0 Å². The summed E-state index contributed by atoms with van der Waals surface area (Å²) in [7, 11) is 0. The van der Waals surface area contributed by atoms with Gasteiger partial charge in [-0.05, 0) is 25.9 Å². The van der Waals surface area contributed by atoms with Crippen LogP contribution in [0.2, 0.25) is 0 Å². The highest BCUT2D eigenvalue weighted by atomic mass is 16.5. The molecule has 0 aromatic rings. The maximum atomic E-state index is 11.1. The monoisotopic (exact) mass is 171 g/mol. The molecule has 1 aliphatic rings. The van der Waals surface area contributed by atoms with E-state index in [1.165, 1.54) is 6.42 Å². The first-order valence-electron chi connectivity index (χ1n) is 4.71. The van der Waals surface area contributed by atoms with Crippen LogP contribution in [-0.4, -0.2) is 37.1 Å². The number of unbranched alkanes of at least 4 members (excludes halogenated alkanes) is 1. The fourth-order valence-corrected chi connectivity index (χ4v) is 1.10. The van der Waals surface area contributed by atoms with E-state index in [4.69, 9.17) is 4.74 Å². The van der Waals surface area contributed by atoms with Crippen LogP contribution in [-0.2, 0) is 9.53 Å². The zero-order valence-corrected chi connectivity index (χ0v) is 7.71. The second-order valence-corrected chi connectivity index (χ2v) is 3.20. The smallest absolute Gasteiger partial charge is 0.320 e. The van der Waals surface area contributed by atoms with Gasteiger partial charge in [-0.2, -0.15) is 0 Å². The van der Waals surface area contributed by atoms with Crippen LogP contribution in [0.1, 0.15) is 26.2 Å². The SMILES string of the molecule is CCCCOC(=O)CN1CCC1. The Labute approximate surface area is 73.7 Å². The molecule has 0 unspecified atom stereocenters. The van der Waals surface area contributed by atoms with Gasteiger partial charge in [0.25, 0.3) is 0 Å². The third kappa shape index (κ3) is 3.22. The zero-order valence-electron chi connectivity index (χ0n) is 7.71. The molecule has 0 saturated carbocycles. The number of carbonyl (C=O) groups is 1. The Hall–Kier alpha value is -0.570. The minimum absolute atomic E-state index is 0.0665. The fraction of sp³-hybridized carbons (Fsp3) is 0.889. The van der Waals surface area contributed by atoms with Gasteiger partial charge in [0.1, 0.15) is 0 Å². The topological polar surface area (TPSA) is 29.5 Å². The molecule has 0 spiro atoms. The number of ether oxygens (including phenoxy) is 1. The average Bonchev–Trinajstić information content (AvgIpc) is 1.98. The van der Waals surface area contributed by atoms with E-state index in [1.807, 2.05) is 0 Å². The molecule has 1 rings (SSSR count). The summed E-state index contributed by atoms with van der Waals surface area (Å²) in [6.07, 6.45) is 3.28. The van der Waals surface area contributed by atoms with Crippen LogP contribution in [0.15, 0.2) is 0 Å². The third-order valence-corrected chi connectivity index (χ3v) is 2.06. The van der Waals surface area contributed by atoms with Gasteiger partial charge in [-0.25, -0.2) is 0 Å². The lowest BCUT2D eigenvalue weighted by atomic mass is 10.2. The Balaban J connectivity index is 1.95. The predicted molar refractivity (Wildman–Crippen MR) is 46.9 cm³/mol. The van der Waals surface area contributed by atoms with E-state index in [-0.39, 0.29) is 5.97 Å². The van der Waals surface area contributed by atoms with Gasteiger partial charge in [-0.1, -0.05) is 13.3 Å². The molecular weight excluding hydrogens is 154 g/mol. The summed E-state index contributed by atoms with van der Waals surface area (Å²) in [5.41, 5.74) is 0. The lowest BCUT2D eigenvalue weighted by molar-refractivity contribution is -0.146. The summed E-state index contributed by atoms with van der Waals surface area (Å²) < 4.78 is 5.01. The van der Waals surface area contributed by atoms with Gasteiger partial charge < -0.3 is 4.74 Å². The summed E-state index contributed by atoms with van der Waals surface area (Å²) >= 11 is 0. The van der Waals surface area contributed by atoms with Crippen LogP contribution in [0.4, 0.5) is 0 Å².